The second-order valence-corrected chi connectivity index (χ2v) is 9.20. The molecule has 9 nitrogen and oxygen atoms in total. The Morgan fingerprint density at radius 3 is 2.37 bits per heavy atom. The summed E-state index contributed by atoms with van der Waals surface area (Å²) in [6.07, 6.45) is 3.75. The SMILES string of the molecule is CSCCC(N)C(=O)NC(CS)C(=O)NC(CC(C)C)C(=O)N1CCCC1C(=O)O. The van der Waals surface area contributed by atoms with Gasteiger partial charge in [-0.3, -0.25) is 14.4 Å². The highest BCUT2D eigenvalue weighted by molar-refractivity contribution is 7.98. The predicted octanol–water partition coefficient (Wildman–Crippen LogP) is 0.0879. The molecule has 0 aromatic rings. The van der Waals surface area contributed by atoms with Crippen LogP contribution in [0.2, 0.25) is 0 Å². The summed E-state index contributed by atoms with van der Waals surface area (Å²) in [4.78, 5) is 50.8. The van der Waals surface area contributed by atoms with Crippen LogP contribution in [0.15, 0.2) is 0 Å². The summed E-state index contributed by atoms with van der Waals surface area (Å²) in [5.74, 6) is -1.60. The molecule has 4 atom stereocenters. The number of rotatable bonds is 12. The fourth-order valence-corrected chi connectivity index (χ4v) is 4.05. The quantitative estimate of drug-likeness (QED) is 0.259. The lowest BCUT2D eigenvalue weighted by molar-refractivity contribution is -0.149. The molecular weight excluding hydrogens is 428 g/mol. The van der Waals surface area contributed by atoms with E-state index in [-0.39, 0.29) is 11.7 Å². The molecule has 0 aromatic heterocycles. The molecule has 1 fully saturated rings. The molecule has 0 saturated carbocycles. The zero-order valence-electron chi connectivity index (χ0n) is 17.8. The van der Waals surface area contributed by atoms with E-state index in [9.17, 15) is 24.3 Å². The number of carbonyl (C=O) groups excluding carboxylic acids is 3. The average molecular weight is 463 g/mol. The summed E-state index contributed by atoms with van der Waals surface area (Å²) >= 11 is 5.72. The molecule has 172 valence electrons. The van der Waals surface area contributed by atoms with Crippen molar-refractivity contribution >= 4 is 48.1 Å². The first-order chi connectivity index (χ1) is 14.1. The number of carboxylic acids is 1. The Labute approximate surface area is 187 Å². The Hall–Kier alpha value is -1.46. The summed E-state index contributed by atoms with van der Waals surface area (Å²) in [6.45, 7) is 4.17. The lowest BCUT2D eigenvalue weighted by atomic mass is 10.0. The zero-order chi connectivity index (χ0) is 22.8. The van der Waals surface area contributed by atoms with Gasteiger partial charge >= 0.3 is 5.97 Å². The van der Waals surface area contributed by atoms with Gasteiger partial charge < -0.3 is 26.4 Å². The van der Waals surface area contributed by atoms with Gasteiger partial charge in [0.25, 0.3) is 0 Å². The van der Waals surface area contributed by atoms with Gasteiger partial charge in [-0.2, -0.15) is 24.4 Å². The van der Waals surface area contributed by atoms with Crippen molar-refractivity contribution in [1.82, 2.24) is 15.5 Å². The molecule has 1 saturated heterocycles. The fourth-order valence-electron chi connectivity index (χ4n) is 3.30. The third-order valence-corrected chi connectivity index (χ3v) is 5.94. The highest BCUT2D eigenvalue weighted by Crippen LogP contribution is 2.20. The lowest BCUT2D eigenvalue weighted by Crippen LogP contribution is -2.58. The fraction of sp³-hybridized carbons (Fsp3) is 0.789. The Morgan fingerprint density at radius 2 is 1.83 bits per heavy atom. The van der Waals surface area contributed by atoms with E-state index in [1.54, 1.807) is 11.8 Å². The third-order valence-electron chi connectivity index (χ3n) is 4.93. The van der Waals surface area contributed by atoms with Gasteiger partial charge in [-0.15, -0.1) is 0 Å². The molecule has 1 aliphatic rings. The molecule has 4 unspecified atom stereocenters. The number of nitrogens with two attached hydrogens (primary N) is 1. The van der Waals surface area contributed by atoms with Crippen LogP contribution in [0.5, 0.6) is 0 Å². The maximum atomic E-state index is 13.0. The van der Waals surface area contributed by atoms with Crippen molar-refractivity contribution < 1.29 is 24.3 Å². The standard InChI is InChI=1S/C19H34N4O5S2/c1-11(2)9-13(18(26)23-7-4-5-15(23)19(27)28)21-17(25)14(10-29)22-16(24)12(20)6-8-30-3/h11-15,29H,4-10,20H2,1-3H3,(H,21,25)(H,22,24)(H,27,28). The highest BCUT2D eigenvalue weighted by atomic mass is 32.2. The van der Waals surface area contributed by atoms with Crippen molar-refractivity contribution in [3.05, 3.63) is 0 Å². The molecule has 3 amide bonds. The summed E-state index contributed by atoms with van der Waals surface area (Å²) in [6, 6.07) is -3.43. The van der Waals surface area contributed by atoms with E-state index in [0.29, 0.717) is 32.2 Å². The van der Waals surface area contributed by atoms with Crippen LogP contribution in [0.1, 0.15) is 39.5 Å². The van der Waals surface area contributed by atoms with Gasteiger partial charge in [0, 0.05) is 12.3 Å². The first-order valence-corrected chi connectivity index (χ1v) is 12.1. The van der Waals surface area contributed by atoms with Crippen LogP contribution in [0, 0.1) is 5.92 Å². The normalized spacial score (nSPS) is 19.3. The van der Waals surface area contributed by atoms with E-state index in [1.165, 1.54) is 4.90 Å². The van der Waals surface area contributed by atoms with Gasteiger partial charge in [-0.25, -0.2) is 4.79 Å². The van der Waals surface area contributed by atoms with Crippen molar-refractivity contribution in [2.24, 2.45) is 11.7 Å². The van der Waals surface area contributed by atoms with Crippen LogP contribution >= 0.6 is 24.4 Å². The molecule has 30 heavy (non-hydrogen) atoms. The maximum absolute atomic E-state index is 13.0. The molecule has 0 radical (unpaired) electrons. The maximum Gasteiger partial charge on any atom is 0.326 e. The van der Waals surface area contributed by atoms with Crippen molar-refractivity contribution in [3.8, 4) is 0 Å². The highest BCUT2D eigenvalue weighted by Gasteiger charge is 2.38. The summed E-state index contributed by atoms with van der Waals surface area (Å²) in [5, 5.41) is 14.6. The van der Waals surface area contributed by atoms with E-state index in [4.69, 9.17) is 5.73 Å². The van der Waals surface area contributed by atoms with Gasteiger partial charge in [0.2, 0.25) is 17.7 Å². The number of aliphatic carboxylic acids is 1. The number of carbonyl (C=O) groups is 4. The molecule has 1 rings (SSSR count). The minimum atomic E-state index is -1.05. The van der Waals surface area contributed by atoms with E-state index in [1.807, 2.05) is 20.1 Å². The van der Waals surface area contributed by atoms with Crippen molar-refractivity contribution in [1.29, 1.82) is 0 Å². The van der Waals surface area contributed by atoms with Crippen molar-refractivity contribution in [2.45, 2.75) is 63.7 Å². The second-order valence-electron chi connectivity index (χ2n) is 7.85. The number of likely N-dealkylation sites (tertiary alicyclic amines) is 1. The van der Waals surface area contributed by atoms with Gasteiger partial charge in [0.15, 0.2) is 0 Å². The minimum absolute atomic E-state index is 0.0386. The van der Waals surface area contributed by atoms with Crippen LogP contribution < -0.4 is 16.4 Å². The Bertz CT molecular complexity index is 620. The van der Waals surface area contributed by atoms with Gasteiger partial charge in [-0.05, 0) is 43.6 Å². The molecule has 0 bridgehead atoms. The lowest BCUT2D eigenvalue weighted by Gasteiger charge is -2.29. The molecular formula is C19H34N4O5S2. The number of hydrogen-bond acceptors (Lipinski definition) is 7. The van der Waals surface area contributed by atoms with Gasteiger partial charge in [-0.1, -0.05) is 13.8 Å². The van der Waals surface area contributed by atoms with Crippen LogP contribution in [-0.4, -0.2) is 82.2 Å². The monoisotopic (exact) mass is 462 g/mol. The first kappa shape index (κ1) is 26.6. The van der Waals surface area contributed by atoms with Crippen LogP contribution in [0.4, 0.5) is 0 Å². The smallest absolute Gasteiger partial charge is 0.326 e. The number of carboxylic acid groups (broad SMARTS) is 1. The molecule has 0 aliphatic carbocycles. The van der Waals surface area contributed by atoms with E-state index in [0.717, 1.165) is 5.75 Å². The summed E-state index contributed by atoms with van der Waals surface area (Å²) in [5.41, 5.74) is 5.85. The van der Waals surface area contributed by atoms with Crippen LogP contribution in [0.3, 0.4) is 0 Å². The van der Waals surface area contributed by atoms with Crippen molar-refractivity contribution in [2.75, 3.05) is 24.3 Å². The topological polar surface area (TPSA) is 142 Å². The summed E-state index contributed by atoms with van der Waals surface area (Å²) < 4.78 is 0. The van der Waals surface area contributed by atoms with Gasteiger partial charge in [0.1, 0.15) is 18.1 Å². The Balaban J connectivity index is 2.84. The first-order valence-electron chi connectivity index (χ1n) is 10.1. The van der Waals surface area contributed by atoms with E-state index >= 15 is 0 Å². The number of nitrogens with zero attached hydrogens (tertiary/aromatic N) is 1. The zero-order valence-corrected chi connectivity index (χ0v) is 19.5. The van der Waals surface area contributed by atoms with E-state index in [2.05, 4.69) is 23.3 Å². The molecule has 0 aromatic carbocycles. The largest absolute Gasteiger partial charge is 0.480 e. The third kappa shape index (κ3) is 7.99. The van der Waals surface area contributed by atoms with Gasteiger partial charge in [0.05, 0.1) is 6.04 Å². The second kappa shape index (κ2) is 13.1. The number of thiol groups is 1. The Kier molecular flexibility index (Phi) is 11.6. The molecule has 1 heterocycles. The molecule has 5 N–H and O–H groups in total. The van der Waals surface area contributed by atoms with Crippen molar-refractivity contribution in [3.63, 3.8) is 0 Å². The number of nitrogens with one attached hydrogen (secondary N) is 2. The number of hydrogen-bond donors (Lipinski definition) is 5. The summed E-state index contributed by atoms with van der Waals surface area (Å²) in [7, 11) is 0. The predicted molar refractivity (Wildman–Crippen MR) is 121 cm³/mol. The molecule has 0 spiro atoms. The molecule has 1 aliphatic heterocycles. The number of amides is 3. The van der Waals surface area contributed by atoms with Crippen LogP contribution in [-0.2, 0) is 19.2 Å². The average Bonchev–Trinajstić information content (AvgIpc) is 3.18. The van der Waals surface area contributed by atoms with Crippen LogP contribution in [0.25, 0.3) is 0 Å². The van der Waals surface area contributed by atoms with E-state index < -0.39 is 47.9 Å². The Morgan fingerprint density at radius 1 is 1.20 bits per heavy atom. The molecule has 11 heteroatoms. The number of thioether (sulfide) groups is 1. The minimum Gasteiger partial charge on any atom is -0.480 e.